The van der Waals surface area contributed by atoms with Crippen LogP contribution in [0, 0.1) is 0 Å². The molecule has 2 aromatic carbocycles. The monoisotopic (exact) mass is 341 g/mol. The molecule has 3 aromatic rings. The van der Waals surface area contributed by atoms with Crippen molar-refractivity contribution in [1.82, 2.24) is 5.32 Å². The number of rotatable bonds is 7. The summed E-state index contributed by atoms with van der Waals surface area (Å²) in [5, 5.41) is 4.55. The molecule has 1 unspecified atom stereocenters. The molecule has 126 valence electrons. The topological polar surface area (TPSA) is 30.5 Å². The van der Waals surface area contributed by atoms with Gasteiger partial charge in [-0.2, -0.15) is 0 Å². The van der Waals surface area contributed by atoms with Crippen LogP contribution in [0.15, 0.2) is 48.5 Å². The highest BCUT2D eigenvalue weighted by molar-refractivity contribution is 7.19. The summed E-state index contributed by atoms with van der Waals surface area (Å²) in [5.74, 6) is 1.80. The van der Waals surface area contributed by atoms with Crippen LogP contribution in [0.3, 0.4) is 0 Å². The minimum atomic E-state index is 0.371. The molecule has 24 heavy (non-hydrogen) atoms. The maximum absolute atomic E-state index is 5.95. The van der Waals surface area contributed by atoms with Crippen molar-refractivity contribution in [3.8, 4) is 11.5 Å². The molecule has 0 saturated carbocycles. The lowest BCUT2D eigenvalue weighted by Crippen LogP contribution is -2.10. The molecule has 4 heteroatoms. The van der Waals surface area contributed by atoms with Crippen molar-refractivity contribution in [2.45, 2.75) is 26.5 Å². The van der Waals surface area contributed by atoms with E-state index in [1.807, 2.05) is 55.6 Å². The molecule has 0 aliphatic rings. The molecule has 3 nitrogen and oxygen atoms in total. The smallest absolute Gasteiger partial charge is 0.121 e. The van der Waals surface area contributed by atoms with E-state index < -0.39 is 0 Å². The zero-order chi connectivity index (χ0) is 16.9. The molecule has 0 bridgehead atoms. The van der Waals surface area contributed by atoms with Crippen LogP contribution in [0.2, 0.25) is 0 Å². The molecule has 0 radical (unpaired) electrons. The van der Waals surface area contributed by atoms with E-state index in [0.29, 0.717) is 19.3 Å². The van der Waals surface area contributed by atoms with Crippen LogP contribution >= 0.6 is 11.3 Å². The van der Waals surface area contributed by atoms with Gasteiger partial charge in [0.05, 0.1) is 6.61 Å². The summed E-state index contributed by atoms with van der Waals surface area (Å²) in [6.07, 6.45) is 0. The fourth-order valence-electron chi connectivity index (χ4n) is 2.49. The highest BCUT2D eigenvalue weighted by Gasteiger charge is 2.08. The van der Waals surface area contributed by atoms with Gasteiger partial charge in [0, 0.05) is 15.6 Å². The Bertz CT molecular complexity index is 795. The van der Waals surface area contributed by atoms with Crippen LogP contribution < -0.4 is 14.8 Å². The predicted molar refractivity (Wildman–Crippen MR) is 101 cm³/mol. The Kier molecular flexibility index (Phi) is 5.38. The van der Waals surface area contributed by atoms with E-state index in [4.69, 9.17) is 9.47 Å². The summed E-state index contributed by atoms with van der Waals surface area (Å²) < 4.78 is 12.7. The maximum atomic E-state index is 5.95. The normalized spacial score (nSPS) is 12.3. The number of thiophene rings is 1. The van der Waals surface area contributed by atoms with Gasteiger partial charge in [0.1, 0.15) is 18.1 Å². The summed E-state index contributed by atoms with van der Waals surface area (Å²) in [6, 6.07) is 17.0. The van der Waals surface area contributed by atoms with Gasteiger partial charge in [-0.3, -0.25) is 0 Å². The van der Waals surface area contributed by atoms with Crippen LogP contribution in [-0.4, -0.2) is 13.7 Å². The Morgan fingerprint density at radius 2 is 1.75 bits per heavy atom. The molecule has 0 saturated heterocycles. The molecule has 1 atom stereocenters. The third-order valence-corrected chi connectivity index (χ3v) is 5.29. The first-order chi connectivity index (χ1) is 11.7. The van der Waals surface area contributed by atoms with Crippen LogP contribution in [0.1, 0.15) is 30.3 Å². The second-order valence-corrected chi connectivity index (χ2v) is 6.84. The molecule has 1 aromatic heterocycles. The molecule has 3 rings (SSSR count). The van der Waals surface area contributed by atoms with Gasteiger partial charge >= 0.3 is 0 Å². The van der Waals surface area contributed by atoms with E-state index in [2.05, 4.69) is 30.4 Å². The Morgan fingerprint density at radius 1 is 1.00 bits per heavy atom. The van der Waals surface area contributed by atoms with Crippen molar-refractivity contribution < 1.29 is 9.47 Å². The lowest BCUT2D eigenvalue weighted by molar-refractivity contribution is 0.306. The average Bonchev–Trinajstić information content (AvgIpc) is 3.04. The van der Waals surface area contributed by atoms with Gasteiger partial charge in [0.25, 0.3) is 0 Å². The standard InChI is InChI=1S/C20H23NO2S/c1-4-22-17-8-5-15(6-9-17)13-23-18-10-7-16-11-19(14(2)21-3)24-20(16)12-18/h5-12,14,21H,4,13H2,1-3H3. The maximum Gasteiger partial charge on any atom is 0.121 e. The van der Waals surface area contributed by atoms with Crippen molar-refractivity contribution in [3.05, 3.63) is 59.0 Å². The molecule has 0 aliphatic carbocycles. The fourth-order valence-corrected chi connectivity index (χ4v) is 3.65. The van der Waals surface area contributed by atoms with Crippen LogP contribution in [0.4, 0.5) is 0 Å². The molecule has 1 N–H and O–H groups in total. The lowest BCUT2D eigenvalue weighted by Gasteiger charge is -2.08. The summed E-state index contributed by atoms with van der Waals surface area (Å²) in [4.78, 5) is 1.34. The lowest BCUT2D eigenvalue weighted by atomic mass is 10.2. The summed E-state index contributed by atoms with van der Waals surface area (Å²) >= 11 is 1.81. The molecule has 0 spiro atoms. The first-order valence-electron chi connectivity index (χ1n) is 8.25. The third kappa shape index (κ3) is 3.89. The van der Waals surface area contributed by atoms with Gasteiger partial charge in [-0.1, -0.05) is 12.1 Å². The molecular formula is C20H23NO2S. The second-order valence-electron chi connectivity index (χ2n) is 5.72. The molecule has 0 aliphatic heterocycles. The highest BCUT2D eigenvalue weighted by Crippen LogP contribution is 2.32. The molecule has 1 heterocycles. The van der Waals surface area contributed by atoms with Crippen molar-refractivity contribution in [1.29, 1.82) is 0 Å². The van der Waals surface area contributed by atoms with Gasteiger partial charge in [-0.15, -0.1) is 11.3 Å². The van der Waals surface area contributed by atoms with Gasteiger partial charge in [-0.25, -0.2) is 0 Å². The zero-order valence-electron chi connectivity index (χ0n) is 14.3. The van der Waals surface area contributed by atoms with Gasteiger partial charge in [-0.05, 0) is 68.2 Å². The van der Waals surface area contributed by atoms with E-state index in [9.17, 15) is 0 Å². The average molecular weight is 341 g/mol. The Balaban J connectivity index is 1.68. The van der Waals surface area contributed by atoms with E-state index in [1.54, 1.807) is 0 Å². The minimum absolute atomic E-state index is 0.371. The molecular weight excluding hydrogens is 318 g/mol. The predicted octanol–water partition coefficient (Wildman–Crippen LogP) is 5.16. The van der Waals surface area contributed by atoms with Crippen LogP contribution in [0.5, 0.6) is 11.5 Å². The van der Waals surface area contributed by atoms with Crippen molar-refractivity contribution in [3.63, 3.8) is 0 Å². The van der Waals surface area contributed by atoms with E-state index in [1.165, 1.54) is 15.0 Å². The first kappa shape index (κ1) is 16.8. The summed E-state index contributed by atoms with van der Waals surface area (Å²) in [6.45, 7) is 5.41. The largest absolute Gasteiger partial charge is 0.494 e. The Labute approximate surface area is 147 Å². The highest BCUT2D eigenvalue weighted by atomic mass is 32.1. The number of benzene rings is 2. The minimum Gasteiger partial charge on any atom is -0.494 e. The first-order valence-corrected chi connectivity index (χ1v) is 9.06. The number of nitrogens with one attached hydrogen (secondary N) is 1. The van der Waals surface area contributed by atoms with Gasteiger partial charge in [0.15, 0.2) is 0 Å². The van der Waals surface area contributed by atoms with Gasteiger partial charge < -0.3 is 14.8 Å². The van der Waals surface area contributed by atoms with E-state index >= 15 is 0 Å². The Morgan fingerprint density at radius 3 is 2.46 bits per heavy atom. The molecule has 0 amide bonds. The SMILES string of the molecule is CCOc1ccc(COc2ccc3cc(C(C)NC)sc3c2)cc1. The van der Waals surface area contributed by atoms with Crippen molar-refractivity contribution in [2.24, 2.45) is 0 Å². The fraction of sp³-hybridized carbons (Fsp3) is 0.300. The third-order valence-electron chi connectivity index (χ3n) is 4.01. The van der Waals surface area contributed by atoms with Crippen molar-refractivity contribution in [2.75, 3.05) is 13.7 Å². The number of hydrogen-bond donors (Lipinski definition) is 1. The van der Waals surface area contributed by atoms with Crippen LogP contribution in [-0.2, 0) is 6.61 Å². The Hall–Kier alpha value is -2.04. The zero-order valence-corrected chi connectivity index (χ0v) is 15.2. The van der Waals surface area contributed by atoms with Crippen LogP contribution in [0.25, 0.3) is 10.1 Å². The number of fused-ring (bicyclic) bond motifs is 1. The van der Waals surface area contributed by atoms with Crippen molar-refractivity contribution >= 4 is 21.4 Å². The van der Waals surface area contributed by atoms with E-state index in [0.717, 1.165) is 17.1 Å². The number of hydrogen-bond acceptors (Lipinski definition) is 4. The van der Waals surface area contributed by atoms with Gasteiger partial charge in [0.2, 0.25) is 0 Å². The summed E-state index contributed by atoms with van der Waals surface area (Å²) in [5.41, 5.74) is 1.13. The van der Waals surface area contributed by atoms with E-state index in [-0.39, 0.29) is 0 Å². The summed E-state index contributed by atoms with van der Waals surface area (Å²) in [7, 11) is 1.99. The second kappa shape index (κ2) is 7.69. The molecule has 0 fully saturated rings. The number of ether oxygens (including phenoxy) is 2. The quantitative estimate of drug-likeness (QED) is 0.644.